The first-order valence-electron chi connectivity index (χ1n) is 7.32. The second-order valence-corrected chi connectivity index (χ2v) is 5.77. The van der Waals surface area contributed by atoms with E-state index in [0.717, 1.165) is 38.5 Å². The van der Waals surface area contributed by atoms with E-state index in [1.54, 1.807) is 6.92 Å². The minimum Gasteiger partial charge on any atom is -0.466 e. The molecule has 0 saturated heterocycles. The fourth-order valence-corrected chi connectivity index (χ4v) is 4.05. The van der Waals surface area contributed by atoms with Crippen LogP contribution in [0.3, 0.4) is 0 Å². The predicted molar refractivity (Wildman–Crippen MR) is 69.0 cm³/mol. The van der Waals surface area contributed by atoms with Crippen molar-refractivity contribution in [1.82, 2.24) is 0 Å². The number of fused-ring (bicyclic) bond motifs is 1. The maximum Gasteiger partial charge on any atom is 0.309 e. The molecule has 0 aromatic heterocycles. The Morgan fingerprint density at radius 1 is 1.00 bits per heavy atom. The fourth-order valence-electron chi connectivity index (χ4n) is 4.05. The molecule has 4 atom stereocenters. The zero-order valence-corrected chi connectivity index (χ0v) is 11.5. The van der Waals surface area contributed by atoms with Gasteiger partial charge in [-0.2, -0.15) is 0 Å². The highest BCUT2D eigenvalue weighted by Crippen LogP contribution is 2.47. The van der Waals surface area contributed by atoms with Crippen molar-refractivity contribution in [2.75, 3.05) is 6.61 Å². The van der Waals surface area contributed by atoms with E-state index in [2.05, 4.69) is 0 Å². The number of ketones is 1. The van der Waals surface area contributed by atoms with Crippen molar-refractivity contribution in [3.63, 3.8) is 0 Å². The Bertz CT molecular complexity index is 324. The summed E-state index contributed by atoms with van der Waals surface area (Å²) in [5.74, 6) is 1.34. The number of ether oxygens (including phenoxy) is 1. The molecule has 2 fully saturated rings. The molecule has 2 rings (SSSR count). The van der Waals surface area contributed by atoms with Gasteiger partial charge in [0.2, 0.25) is 0 Å². The van der Waals surface area contributed by atoms with Crippen LogP contribution in [0.1, 0.15) is 52.4 Å². The number of carbonyl (C=O) groups excluding carboxylic acids is 2. The van der Waals surface area contributed by atoms with Gasteiger partial charge in [0.1, 0.15) is 5.78 Å². The Labute approximate surface area is 109 Å². The lowest BCUT2D eigenvalue weighted by molar-refractivity contribution is -0.155. The quantitative estimate of drug-likeness (QED) is 0.725. The van der Waals surface area contributed by atoms with E-state index in [9.17, 15) is 9.59 Å². The van der Waals surface area contributed by atoms with Crippen LogP contribution in [-0.4, -0.2) is 18.4 Å². The second kappa shape index (κ2) is 5.85. The van der Waals surface area contributed by atoms with Gasteiger partial charge in [-0.15, -0.1) is 0 Å². The highest BCUT2D eigenvalue weighted by Gasteiger charge is 2.44. The van der Waals surface area contributed by atoms with Crippen molar-refractivity contribution in [2.24, 2.45) is 23.7 Å². The van der Waals surface area contributed by atoms with Crippen LogP contribution in [0.5, 0.6) is 0 Å². The topological polar surface area (TPSA) is 43.4 Å². The number of rotatable bonds is 3. The molecule has 0 radical (unpaired) electrons. The smallest absolute Gasteiger partial charge is 0.309 e. The van der Waals surface area contributed by atoms with E-state index in [-0.39, 0.29) is 17.8 Å². The van der Waals surface area contributed by atoms with E-state index < -0.39 is 0 Å². The van der Waals surface area contributed by atoms with Crippen LogP contribution in [0.2, 0.25) is 0 Å². The van der Waals surface area contributed by atoms with Gasteiger partial charge in [-0.05, 0) is 51.4 Å². The Balaban J connectivity index is 2.11. The van der Waals surface area contributed by atoms with Crippen LogP contribution in [0.25, 0.3) is 0 Å². The number of hydrogen-bond donors (Lipinski definition) is 0. The zero-order valence-electron chi connectivity index (χ0n) is 11.5. The summed E-state index contributed by atoms with van der Waals surface area (Å²) in [6.07, 6.45) is 6.33. The average molecular weight is 252 g/mol. The molecule has 0 aromatic carbocycles. The molecular formula is C15H24O3. The van der Waals surface area contributed by atoms with Crippen molar-refractivity contribution in [3.05, 3.63) is 0 Å². The molecule has 0 aromatic rings. The summed E-state index contributed by atoms with van der Waals surface area (Å²) in [6.45, 7) is 4.03. The van der Waals surface area contributed by atoms with Gasteiger partial charge in [-0.3, -0.25) is 9.59 Å². The molecule has 0 amide bonds. The Hall–Kier alpha value is -0.860. The normalized spacial score (nSPS) is 35.7. The summed E-state index contributed by atoms with van der Waals surface area (Å²) in [5.41, 5.74) is 0. The summed E-state index contributed by atoms with van der Waals surface area (Å²) >= 11 is 0. The third kappa shape index (κ3) is 2.60. The highest BCUT2D eigenvalue weighted by atomic mass is 16.5. The van der Waals surface area contributed by atoms with Gasteiger partial charge >= 0.3 is 5.97 Å². The largest absolute Gasteiger partial charge is 0.466 e. The Morgan fingerprint density at radius 2 is 1.56 bits per heavy atom. The first-order valence-corrected chi connectivity index (χ1v) is 7.32. The van der Waals surface area contributed by atoms with Gasteiger partial charge in [0.15, 0.2) is 0 Å². The van der Waals surface area contributed by atoms with Gasteiger partial charge in [0.05, 0.1) is 12.5 Å². The standard InChI is InChI=1S/C15H24O3/c1-3-18-15(17)14-9-5-7-12-11(10(2)16)6-4-8-13(12)14/h11-14H,3-9H2,1-2H3/t11-,12?,13?,14+/m0/s1. The fraction of sp³-hybridized carbons (Fsp3) is 0.867. The highest BCUT2D eigenvalue weighted by molar-refractivity contribution is 5.79. The van der Waals surface area contributed by atoms with E-state index in [4.69, 9.17) is 4.74 Å². The number of carbonyl (C=O) groups is 2. The summed E-state index contributed by atoms with van der Waals surface area (Å²) in [4.78, 5) is 23.8. The third-order valence-corrected chi connectivity index (χ3v) is 4.80. The van der Waals surface area contributed by atoms with Crippen LogP contribution in [-0.2, 0) is 14.3 Å². The van der Waals surface area contributed by atoms with Gasteiger partial charge in [-0.25, -0.2) is 0 Å². The van der Waals surface area contributed by atoms with E-state index >= 15 is 0 Å². The Morgan fingerprint density at radius 3 is 2.11 bits per heavy atom. The van der Waals surface area contributed by atoms with Crippen LogP contribution < -0.4 is 0 Å². The van der Waals surface area contributed by atoms with Crippen LogP contribution >= 0.6 is 0 Å². The van der Waals surface area contributed by atoms with Crippen molar-refractivity contribution in [3.8, 4) is 0 Å². The lowest BCUT2D eigenvalue weighted by atomic mass is 9.60. The molecule has 0 heterocycles. The molecule has 0 aliphatic heterocycles. The molecule has 2 saturated carbocycles. The van der Waals surface area contributed by atoms with Crippen molar-refractivity contribution < 1.29 is 14.3 Å². The number of Topliss-reactive ketones (excluding diaryl/α,β-unsaturated/α-hetero) is 1. The minimum atomic E-state index is -0.0311. The van der Waals surface area contributed by atoms with Crippen LogP contribution in [0, 0.1) is 23.7 Å². The molecule has 18 heavy (non-hydrogen) atoms. The maximum atomic E-state index is 12.0. The zero-order chi connectivity index (χ0) is 13.1. The predicted octanol–water partition coefficient (Wildman–Crippen LogP) is 2.97. The molecule has 0 bridgehead atoms. The summed E-state index contributed by atoms with van der Waals surface area (Å²) < 4.78 is 5.20. The molecule has 3 nitrogen and oxygen atoms in total. The van der Waals surface area contributed by atoms with E-state index in [0.29, 0.717) is 24.2 Å². The molecule has 2 unspecified atom stereocenters. The van der Waals surface area contributed by atoms with Gasteiger partial charge in [-0.1, -0.05) is 12.8 Å². The van der Waals surface area contributed by atoms with E-state index in [1.165, 1.54) is 0 Å². The van der Waals surface area contributed by atoms with Gasteiger partial charge < -0.3 is 4.74 Å². The molecule has 2 aliphatic rings. The Kier molecular flexibility index (Phi) is 4.41. The van der Waals surface area contributed by atoms with Crippen LogP contribution in [0.4, 0.5) is 0 Å². The summed E-state index contributed by atoms with van der Waals surface area (Å²) in [6, 6.07) is 0. The second-order valence-electron chi connectivity index (χ2n) is 5.77. The van der Waals surface area contributed by atoms with Crippen molar-refractivity contribution in [1.29, 1.82) is 0 Å². The summed E-state index contributed by atoms with van der Waals surface area (Å²) in [7, 11) is 0. The molecule has 2 aliphatic carbocycles. The maximum absolute atomic E-state index is 12.0. The SMILES string of the molecule is CCOC(=O)[C@@H]1CCCC2C1CCC[C@H]2C(C)=O. The van der Waals surface area contributed by atoms with Crippen molar-refractivity contribution >= 4 is 11.8 Å². The monoisotopic (exact) mass is 252 g/mol. The summed E-state index contributed by atoms with van der Waals surface area (Å²) in [5, 5.41) is 0. The first-order chi connectivity index (χ1) is 8.65. The minimum absolute atomic E-state index is 0.0311. The number of esters is 1. The molecular weight excluding hydrogens is 228 g/mol. The third-order valence-electron chi connectivity index (χ3n) is 4.80. The van der Waals surface area contributed by atoms with Gasteiger partial charge in [0.25, 0.3) is 0 Å². The van der Waals surface area contributed by atoms with Crippen molar-refractivity contribution in [2.45, 2.75) is 52.4 Å². The van der Waals surface area contributed by atoms with Gasteiger partial charge in [0, 0.05) is 5.92 Å². The number of hydrogen-bond acceptors (Lipinski definition) is 3. The molecule has 102 valence electrons. The lowest BCUT2D eigenvalue weighted by Gasteiger charge is -2.43. The van der Waals surface area contributed by atoms with E-state index in [1.807, 2.05) is 6.92 Å². The molecule has 3 heteroatoms. The lowest BCUT2D eigenvalue weighted by Crippen LogP contribution is -2.42. The first kappa shape index (κ1) is 13.6. The van der Waals surface area contributed by atoms with Crippen LogP contribution in [0.15, 0.2) is 0 Å². The average Bonchev–Trinajstić information content (AvgIpc) is 2.37. The molecule has 0 spiro atoms. The molecule has 0 N–H and O–H groups in total.